The summed E-state index contributed by atoms with van der Waals surface area (Å²) in [5.41, 5.74) is 10.8. The lowest BCUT2D eigenvalue weighted by Gasteiger charge is -1.96. The smallest absolute Gasteiger partial charge is 0.180 e. The second-order valence-corrected chi connectivity index (χ2v) is 7.13. The van der Waals surface area contributed by atoms with Crippen molar-refractivity contribution < 1.29 is 9.90 Å². The predicted octanol–water partition coefficient (Wildman–Crippen LogP) is 5.91. The Hall–Kier alpha value is -2.02. The van der Waals surface area contributed by atoms with E-state index in [4.69, 9.17) is 10.8 Å². The highest BCUT2D eigenvalue weighted by atomic mass is 79.9. The lowest BCUT2D eigenvalue weighted by Crippen LogP contribution is -1.98. The van der Waals surface area contributed by atoms with Gasteiger partial charge in [-0.15, -0.1) is 11.3 Å². The van der Waals surface area contributed by atoms with Crippen molar-refractivity contribution in [1.82, 2.24) is 4.98 Å². The van der Waals surface area contributed by atoms with Gasteiger partial charge in [0.05, 0.1) is 11.0 Å². The van der Waals surface area contributed by atoms with Gasteiger partial charge < -0.3 is 10.8 Å². The molecule has 0 aliphatic carbocycles. The van der Waals surface area contributed by atoms with Crippen LogP contribution in [0.15, 0.2) is 53.9 Å². The minimum absolute atomic E-state index is 0. The quantitative estimate of drug-likeness (QED) is 0.373. The number of aliphatic hydroxyl groups is 1. The molecular formula is C22H29BrN2O2S. The molecule has 0 aliphatic rings. The molecule has 3 N–H and O–H groups in total. The number of ketones is 1. The van der Waals surface area contributed by atoms with E-state index >= 15 is 0 Å². The van der Waals surface area contributed by atoms with Crippen LogP contribution in [0.4, 0.5) is 5.13 Å². The fourth-order valence-corrected chi connectivity index (χ4v) is 2.86. The number of aryl methyl sites for hydroxylation is 2. The fourth-order valence-electron chi connectivity index (χ4n) is 1.96. The number of aliphatic hydroxyl groups excluding tert-OH is 1. The number of hydrogen-bond donors (Lipinski definition) is 2. The van der Waals surface area contributed by atoms with E-state index in [1.54, 1.807) is 6.92 Å². The molecule has 4 nitrogen and oxygen atoms in total. The number of benzene rings is 2. The van der Waals surface area contributed by atoms with Crippen LogP contribution in [-0.2, 0) is 0 Å². The number of rotatable bonds is 3. The van der Waals surface area contributed by atoms with Gasteiger partial charge in [-0.25, -0.2) is 4.98 Å². The molecule has 28 heavy (non-hydrogen) atoms. The predicted molar refractivity (Wildman–Crippen MR) is 125 cm³/mol. The van der Waals surface area contributed by atoms with E-state index < -0.39 is 0 Å². The zero-order valence-electron chi connectivity index (χ0n) is 15.8. The first-order valence-corrected chi connectivity index (χ1v) is 10.5. The second-order valence-electron chi connectivity index (χ2n) is 5.68. The minimum Gasteiger partial charge on any atom is -0.397 e. The zero-order chi connectivity index (χ0) is 20.2. The highest BCUT2D eigenvalue weighted by molar-refractivity contribution is 9.09. The molecule has 152 valence electrons. The van der Waals surface area contributed by atoms with Gasteiger partial charge in [0.15, 0.2) is 10.9 Å². The number of aromatic nitrogens is 1. The maximum absolute atomic E-state index is 11.1. The standard InChI is InChI=1S/C10H10N2S.C9H9BrO.C2H6O.CH4/c1-7-2-4-8(5-3-7)9-6-13-10(11)12-9;1-7-2-4-8(5-3-7)9(11)6-10;1-2-3;/h2-6H,1H3,(H2,11,12);2-5H,6H2,1H3;3H,2H2,1H3;1H4. The third kappa shape index (κ3) is 9.26. The fraction of sp³-hybridized carbons (Fsp3) is 0.273. The molecule has 1 heterocycles. The number of nitrogen functional groups attached to an aromatic ring is 1. The van der Waals surface area contributed by atoms with Gasteiger partial charge in [-0.05, 0) is 20.8 Å². The lowest BCUT2D eigenvalue weighted by atomic mass is 10.1. The molecule has 1 aromatic heterocycles. The van der Waals surface area contributed by atoms with Crippen LogP contribution in [0.1, 0.15) is 35.8 Å². The Bertz CT molecular complexity index is 815. The first-order valence-electron chi connectivity index (χ1n) is 8.46. The number of nitrogens with two attached hydrogens (primary N) is 1. The Balaban J connectivity index is 0.000000448. The summed E-state index contributed by atoms with van der Waals surface area (Å²) in [4.78, 5) is 15.3. The van der Waals surface area contributed by atoms with E-state index in [1.807, 2.05) is 36.6 Å². The summed E-state index contributed by atoms with van der Waals surface area (Å²) in [5.74, 6) is 0.130. The molecule has 0 fully saturated rings. The Kier molecular flexibility index (Phi) is 13.0. The molecule has 0 saturated carbocycles. The van der Waals surface area contributed by atoms with Gasteiger partial charge >= 0.3 is 0 Å². The second kappa shape index (κ2) is 14.0. The Morgan fingerprint density at radius 2 is 1.54 bits per heavy atom. The van der Waals surface area contributed by atoms with Gasteiger partial charge in [0, 0.05) is 23.1 Å². The van der Waals surface area contributed by atoms with E-state index in [1.165, 1.54) is 22.5 Å². The molecule has 0 unspecified atom stereocenters. The molecule has 0 saturated heterocycles. The summed E-state index contributed by atoms with van der Waals surface area (Å²) in [5, 5.41) is 10.6. The summed E-state index contributed by atoms with van der Waals surface area (Å²) in [6, 6.07) is 15.8. The van der Waals surface area contributed by atoms with Crippen molar-refractivity contribution in [3.05, 3.63) is 70.6 Å². The van der Waals surface area contributed by atoms with Crippen LogP contribution in [0.2, 0.25) is 0 Å². The molecule has 3 rings (SSSR count). The van der Waals surface area contributed by atoms with Crippen molar-refractivity contribution in [3.63, 3.8) is 0 Å². The Morgan fingerprint density at radius 3 is 1.93 bits per heavy atom. The summed E-state index contributed by atoms with van der Waals surface area (Å²) in [6.07, 6.45) is 0. The first-order chi connectivity index (χ1) is 12.9. The van der Waals surface area contributed by atoms with E-state index in [0.29, 0.717) is 10.5 Å². The maximum atomic E-state index is 11.1. The summed E-state index contributed by atoms with van der Waals surface area (Å²) in [6.45, 7) is 6.00. The van der Waals surface area contributed by atoms with Gasteiger partial charge in [-0.2, -0.15) is 0 Å². The van der Waals surface area contributed by atoms with Crippen molar-refractivity contribution in [2.24, 2.45) is 0 Å². The van der Waals surface area contributed by atoms with Gasteiger partial charge in [0.25, 0.3) is 0 Å². The van der Waals surface area contributed by atoms with Crippen molar-refractivity contribution in [3.8, 4) is 11.3 Å². The van der Waals surface area contributed by atoms with Gasteiger partial charge in [0.1, 0.15) is 0 Å². The molecule has 0 aliphatic heterocycles. The Labute approximate surface area is 180 Å². The number of alkyl halides is 1. The number of carbonyl (C=O) groups is 1. The van der Waals surface area contributed by atoms with Crippen molar-refractivity contribution in [2.75, 3.05) is 17.7 Å². The van der Waals surface area contributed by atoms with E-state index in [0.717, 1.165) is 16.8 Å². The molecule has 2 aromatic carbocycles. The number of thiazole rings is 1. The molecule has 0 radical (unpaired) electrons. The molecule has 0 amide bonds. The third-order valence-electron chi connectivity index (χ3n) is 3.36. The number of carbonyl (C=O) groups excluding carboxylic acids is 1. The average Bonchev–Trinajstić information content (AvgIpc) is 3.10. The first kappa shape index (κ1) is 26.0. The van der Waals surface area contributed by atoms with E-state index in [9.17, 15) is 4.79 Å². The molecule has 0 spiro atoms. The highest BCUT2D eigenvalue weighted by Crippen LogP contribution is 2.22. The molecule has 0 bridgehead atoms. The van der Waals surface area contributed by atoms with Crippen LogP contribution in [0.5, 0.6) is 0 Å². The molecule has 0 atom stereocenters. The molecular weight excluding hydrogens is 436 g/mol. The van der Waals surface area contributed by atoms with Crippen LogP contribution >= 0.6 is 27.3 Å². The topological polar surface area (TPSA) is 76.2 Å². The number of Topliss-reactive ketones (excluding diaryl/α,β-unsaturated/α-hetero) is 1. The Morgan fingerprint density at radius 1 is 1.07 bits per heavy atom. The average molecular weight is 465 g/mol. The van der Waals surface area contributed by atoms with Crippen LogP contribution in [-0.4, -0.2) is 27.8 Å². The molecule has 3 aromatic rings. The van der Waals surface area contributed by atoms with Gasteiger partial charge in [0.2, 0.25) is 0 Å². The van der Waals surface area contributed by atoms with Crippen LogP contribution in [0.3, 0.4) is 0 Å². The van der Waals surface area contributed by atoms with Gasteiger partial charge in [-0.3, -0.25) is 4.79 Å². The van der Waals surface area contributed by atoms with Crippen LogP contribution in [0.25, 0.3) is 11.3 Å². The van der Waals surface area contributed by atoms with Crippen molar-refractivity contribution >= 4 is 38.2 Å². The zero-order valence-corrected chi connectivity index (χ0v) is 18.2. The highest BCUT2D eigenvalue weighted by Gasteiger charge is 2.01. The van der Waals surface area contributed by atoms with Crippen LogP contribution in [0, 0.1) is 13.8 Å². The lowest BCUT2D eigenvalue weighted by molar-refractivity contribution is 0.102. The van der Waals surface area contributed by atoms with Crippen molar-refractivity contribution in [1.29, 1.82) is 0 Å². The molecule has 6 heteroatoms. The number of nitrogens with zero attached hydrogens (tertiary/aromatic N) is 1. The summed E-state index contributed by atoms with van der Waals surface area (Å²) in [7, 11) is 0. The maximum Gasteiger partial charge on any atom is 0.180 e. The summed E-state index contributed by atoms with van der Waals surface area (Å²) < 4.78 is 0. The SMILES string of the molecule is C.CCO.Cc1ccc(-c2csc(N)n2)cc1.Cc1ccc(C(=O)CBr)cc1. The summed E-state index contributed by atoms with van der Waals surface area (Å²) >= 11 is 4.59. The van der Waals surface area contributed by atoms with Crippen LogP contribution < -0.4 is 5.73 Å². The number of anilines is 1. The minimum atomic E-state index is 0. The number of hydrogen-bond acceptors (Lipinski definition) is 5. The van der Waals surface area contributed by atoms with Gasteiger partial charge in [-0.1, -0.05) is 83.0 Å². The van der Waals surface area contributed by atoms with E-state index in [2.05, 4.69) is 52.1 Å². The third-order valence-corrected chi connectivity index (χ3v) is 4.55. The number of halogens is 1. The normalized spacial score (nSPS) is 9.18. The van der Waals surface area contributed by atoms with Crippen molar-refractivity contribution in [2.45, 2.75) is 28.2 Å². The largest absolute Gasteiger partial charge is 0.397 e. The van der Waals surface area contributed by atoms with E-state index in [-0.39, 0.29) is 19.8 Å². The monoisotopic (exact) mass is 464 g/mol.